The van der Waals surface area contributed by atoms with Gasteiger partial charge in [-0.2, -0.15) is 0 Å². The molecule has 0 saturated carbocycles. The van der Waals surface area contributed by atoms with Gasteiger partial charge in [-0.1, -0.05) is 17.7 Å². The summed E-state index contributed by atoms with van der Waals surface area (Å²) in [6.07, 6.45) is 3.66. The number of halogens is 1. The molecule has 4 aromatic rings. The standard InChI is InChI=1S/C21H18ClN3O3/c1-24(2)20-16(22)6-5-15-19(20)25(11-18(26)27)17-9-12(13-7-8-23-10-13)3-4-14(17)21(15)28/h3-10,23H,11H2,1-2H3,(H,26,27). The number of carboxylic acids is 1. The zero-order valence-corrected chi connectivity index (χ0v) is 16.1. The third-order valence-corrected chi connectivity index (χ3v) is 5.13. The maximum absolute atomic E-state index is 13.2. The van der Waals surface area contributed by atoms with E-state index in [0.717, 1.165) is 11.1 Å². The van der Waals surface area contributed by atoms with Crippen LogP contribution in [0.2, 0.25) is 5.02 Å². The van der Waals surface area contributed by atoms with Crippen LogP contribution in [0.15, 0.2) is 53.6 Å². The summed E-state index contributed by atoms with van der Waals surface area (Å²) in [5, 5.41) is 10.9. The van der Waals surface area contributed by atoms with E-state index >= 15 is 0 Å². The third kappa shape index (κ3) is 2.82. The molecule has 0 aliphatic rings. The molecule has 0 saturated heterocycles. The van der Waals surface area contributed by atoms with E-state index in [0.29, 0.717) is 32.5 Å². The Morgan fingerprint density at radius 2 is 1.89 bits per heavy atom. The van der Waals surface area contributed by atoms with Gasteiger partial charge in [0, 0.05) is 37.3 Å². The Morgan fingerprint density at radius 1 is 1.14 bits per heavy atom. The predicted molar refractivity (Wildman–Crippen MR) is 112 cm³/mol. The Kier molecular flexibility index (Phi) is 4.35. The molecule has 0 amide bonds. The smallest absolute Gasteiger partial charge is 0.323 e. The SMILES string of the molecule is CN(C)c1c(Cl)ccc2c(=O)c3ccc(-c4cc[nH]c4)cc3n(CC(=O)O)c12. The first-order valence-electron chi connectivity index (χ1n) is 8.69. The fraction of sp³-hybridized carbons (Fsp3) is 0.143. The van der Waals surface area contributed by atoms with Gasteiger partial charge in [0.05, 0.1) is 21.7 Å². The van der Waals surface area contributed by atoms with Crippen molar-refractivity contribution in [2.45, 2.75) is 6.54 Å². The normalized spacial score (nSPS) is 11.2. The van der Waals surface area contributed by atoms with Gasteiger partial charge in [0.1, 0.15) is 6.54 Å². The Balaban J connectivity index is 2.21. The lowest BCUT2D eigenvalue weighted by Crippen LogP contribution is -2.19. The van der Waals surface area contributed by atoms with E-state index in [1.165, 1.54) is 0 Å². The van der Waals surface area contributed by atoms with Crippen molar-refractivity contribution < 1.29 is 9.90 Å². The zero-order valence-electron chi connectivity index (χ0n) is 15.4. The summed E-state index contributed by atoms with van der Waals surface area (Å²) in [7, 11) is 3.63. The second-order valence-electron chi connectivity index (χ2n) is 6.83. The summed E-state index contributed by atoms with van der Waals surface area (Å²) in [6.45, 7) is -0.287. The number of nitrogens with one attached hydrogen (secondary N) is 1. The molecule has 2 N–H and O–H groups in total. The van der Waals surface area contributed by atoms with Gasteiger partial charge in [0.25, 0.3) is 0 Å². The van der Waals surface area contributed by atoms with Crippen molar-refractivity contribution in [1.82, 2.24) is 9.55 Å². The minimum absolute atomic E-state index is 0.146. The van der Waals surface area contributed by atoms with Crippen molar-refractivity contribution in [2.24, 2.45) is 0 Å². The van der Waals surface area contributed by atoms with Gasteiger partial charge >= 0.3 is 5.97 Å². The molecule has 0 aliphatic heterocycles. The highest BCUT2D eigenvalue weighted by Gasteiger charge is 2.19. The summed E-state index contributed by atoms with van der Waals surface area (Å²) < 4.78 is 1.66. The van der Waals surface area contributed by atoms with Gasteiger partial charge in [0.2, 0.25) is 0 Å². The molecule has 0 spiro atoms. The number of hydrogen-bond donors (Lipinski definition) is 2. The highest BCUT2D eigenvalue weighted by molar-refractivity contribution is 6.35. The van der Waals surface area contributed by atoms with Crippen LogP contribution in [0.1, 0.15) is 0 Å². The average Bonchev–Trinajstić information content (AvgIpc) is 3.18. The van der Waals surface area contributed by atoms with Crippen molar-refractivity contribution in [2.75, 3.05) is 19.0 Å². The van der Waals surface area contributed by atoms with E-state index in [1.54, 1.807) is 27.7 Å². The maximum Gasteiger partial charge on any atom is 0.323 e. The molecule has 0 bridgehead atoms. The summed E-state index contributed by atoms with van der Waals surface area (Å²) in [5.41, 5.74) is 3.39. The van der Waals surface area contributed by atoms with Crippen LogP contribution in [0.25, 0.3) is 32.9 Å². The molecule has 0 atom stereocenters. The van der Waals surface area contributed by atoms with E-state index in [9.17, 15) is 14.7 Å². The van der Waals surface area contributed by atoms with E-state index in [-0.39, 0.29) is 12.0 Å². The van der Waals surface area contributed by atoms with E-state index in [1.807, 2.05) is 44.7 Å². The number of nitrogens with zero attached hydrogens (tertiary/aromatic N) is 2. The topological polar surface area (TPSA) is 78.3 Å². The molecule has 2 aromatic carbocycles. The summed E-state index contributed by atoms with van der Waals surface area (Å²) in [6, 6.07) is 10.7. The second kappa shape index (κ2) is 6.73. The van der Waals surface area contributed by atoms with E-state index in [2.05, 4.69) is 4.98 Å². The van der Waals surface area contributed by atoms with Gasteiger partial charge in [-0.15, -0.1) is 0 Å². The van der Waals surface area contributed by atoms with E-state index < -0.39 is 5.97 Å². The van der Waals surface area contributed by atoms with Crippen LogP contribution < -0.4 is 10.3 Å². The first-order chi connectivity index (χ1) is 13.4. The van der Waals surface area contributed by atoms with Gasteiger partial charge in [-0.25, -0.2) is 0 Å². The number of anilines is 1. The zero-order chi connectivity index (χ0) is 20.0. The molecular formula is C21H18ClN3O3. The molecular weight excluding hydrogens is 378 g/mol. The number of aromatic nitrogens is 2. The number of H-pyrrole nitrogens is 1. The Morgan fingerprint density at radius 3 is 2.54 bits per heavy atom. The fourth-order valence-electron chi connectivity index (χ4n) is 3.63. The quantitative estimate of drug-likeness (QED) is 0.513. The number of benzene rings is 2. The molecule has 6 nitrogen and oxygen atoms in total. The number of carbonyl (C=O) groups is 1. The molecule has 4 rings (SSSR count). The molecule has 0 radical (unpaired) electrons. The molecule has 0 unspecified atom stereocenters. The van der Waals surface area contributed by atoms with Crippen LogP contribution in [0.4, 0.5) is 5.69 Å². The fourth-order valence-corrected chi connectivity index (χ4v) is 3.95. The summed E-state index contributed by atoms with van der Waals surface area (Å²) in [4.78, 5) is 29.7. The van der Waals surface area contributed by atoms with Crippen LogP contribution >= 0.6 is 11.6 Å². The molecule has 0 aliphatic carbocycles. The molecule has 7 heteroatoms. The molecule has 0 fully saturated rings. The van der Waals surface area contributed by atoms with Gasteiger partial charge < -0.3 is 19.6 Å². The Labute approximate surface area is 165 Å². The molecule has 2 aromatic heterocycles. The van der Waals surface area contributed by atoms with Crippen molar-refractivity contribution in [1.29, 1.82) is 0 Å². The van der Waals surface area contributed by atoms with Gasteiger partial charge in [0.15, 0.2) is 5.43 Å². The number of aliphatic carboxylic acids is 1. The Hall–Kier alpha value is -3.25. The lowest BCUT2D eigenvalue weighted by molar-refractivity contribution is -0.137. The minimum Gasteiger partial charge on any atom is -0.480 e. The summed E-state index contributed by atoms with van der Waals surface area (Å²) in [5.74, 6) is -0.997. The first-order valence-corrected chi connectivity index (χ1v) is 9.07. The molecule has 28 heavy (non-hydrogen) atoms. The second-order valence-corrected chi connectivity index (χ2v) is 7.23. The monoisotopic (exact) mass is 395 g/mol. The van der Waals surface area contributed by atoms with Crippen LogP contribution in [0.3, 0.4) is 0 Å². The summed E-state index contributed by atoms with van der Waals surface area (Å²) >= 11 is 6.41. The largest absolute Gasteiger partial charge is 0.480 e. The lowest BCUT2D eigenvalue weighted by Gasteiger charge is -2.22. The van der Waals surface area contributed by atoms with Gasteiger partial charge in [-0.3, -0.25) is 9.59 Å². The van der Waals surface area contributed by atoms with Gasteiger partial charge in [-0.05, 0) is 41.5 Å². The van der Waals surface area contributed by atoms with Crippen LogP contribution in [-0.2, 0) is 11.3 Å². The average molecular weight is 396 g/mol. The third-order valence-electron chi connectivity index (χ3n) is 4.82. The lowest BCUT2D eigenvalue weighted by atomic mass is 10.0. The number of aromatic amines is 1. The van der Waals surface area contributed by atoms with Crippen LogP contribution in [0, 0.1) is 0 Å². The van der Waals surface area contributed by atoms with Crippen molar-refractivity contribution in [3.05, 3.63) is 64.0 Å². The number of fused-ring (bicyclic) bond motifs is 2. The molecule has 2 heterocycles. The van der Waals surface area contributed by atoms with E-state index in [4.69, 9.17) is 11.6 Å². The van der Waals surface area contributed by atoms with Crippen molar-refractivity contribution >= 4 is 45.1 Å². The number of rotatable bonds is 4. The first kappa shape index (κ1) is 18.1. The number of hydrogen-bond acceptors (Lipinski definition) is 3. The predicted octanol–water partition coefficient (Wildman–Crippen LogP) is 3.95. The highest BCUT2D eigenvalue weighted by atomic mass is 35.5. The Bertz CT molecular complexity index is 1270. The van der Waals surface area contributed by atoms with Crippen molar-refractivity contribution in [3.8, 4) is 11.1 Å². The highest BCUT2D eigenvalue weighted by Crippen LogP contribution is 2.35. The maximum atomic E-state index is 13.2. The molecule has 142 valence electrons. The van der Waals surface area contributed by atoms with Crippen LogP contribution in [-0.4, -0.2) is 34.7 Å². The number of carboxylic acid groups (broad SMARTS) is 1. The number of pyridine rings is 1. The minimum atomic E-state index is -0.997. The van der Waals surface area contributed by atoms with Crippen LogP contribution in [0.5, 0.6) is 0 Å². The van der Waals surface area contributed by atoms with Crippen molar-refractivity contribution in [3.63, 3.8) is 0 Å².